The Balaban J connectivity index is 1.54. The van der Waals surface area contributed by atoms with E-state index in [1.54, 1.807) is 19.2 Å². The van der Waals surface area contributed by atoms with Gasteiger partial charge in [0.05, 0.1) is 11.4 Å². The van der Waals surface area contributed by atoms with E-state index in [1.807, 2.05) is 12.1 Å². The van der Waals surface area contributed by atoms with Gasteiger partial charge in [0.1, 0.15) is 6.04 Å². The number of anilines is 3. The van der Waals surface area contributed by atoms with Crippen LogP contribution in [0.1, 0.15) is 18.7 Å². The number of alkyl halides is 3. The molecule has 0 bridgehead atoms. The SMILES string of the molecule is CNc1ccccc1NC(=O)[C@@H]1CCC(=O)N1c1ccc(-c2noc(C(F)(F)F)n2)cc1. The number of carbonyl (C=O) groups excluding carboxylic acids is 2. The maximum atomic E-state index is 12.9. The first-order valence-corrected chi connectivity index (χ1v) is 9.69. The average Bonchev–Trinajstić information content (AvgIpc) is 3.41. The molecule has 2 heterocycles. The summed E-state index contributed by atoms with van der Waals surface area (Å²) in [5.74, 6) is -2.23. The van der Waals surface area contributed by atoms with Gasteiger partial charge < -0.3 is 15.2 Å². The highest BCUT2D eigenvalue weighted by Gasteiger charge is 2.39. The van der Waals surface area contributed by atoms with Gasteiger partial charge in [-0.3, -0.25) is 14.5 Å². The topological polar surface area (TPSA) is 100 Å². The standard InChI is InChI=1S/C21H18F3N5O3/c1-25-14-4-2-3-5-15(14)26-19(31)16-10-11-17(30)29(16)13-8-6-12(7-9-13)18-27-20(32-28-18)21(22,23)24/h2-9,16,25H,10-11H2,1H3,(H,26,31)/t16-/m0/s1. The number of aromatic nitrogens is 2. The number of para-hydroxylation sites is 2. The van der Waals surface area contributed by atoms with Crippen LogP contribution >= 0.6 is 0 Å². The zero-order valence-electron chi connectivity index (χ0n) is 16.8. The van der Waals surface area contributed by atoms with E-state index in [0.717, 1.165) is 5.69 Å². The Kier molecular flexibility index (Phi) is 5.56. The Morgan fingerprint density at radius 2 is 1.81 bits per heavy atom. The van der Waals surface area contributed by atoms with Crippen molar-refractivity contribution in [2.24, 2.45) is 0 Å². The van der Waals surface area contributed by atoms with Crippen molar-refractivity contribution < 1.29 is 27.3 Å². The fraction of sp³-hybridized carbons (Fsp3) is 0.238. The van der Waals surface area contributed by atoms with Crippen LogP contribution in [-0.4, -0.2) is 35.0 Å². The number of hydrogen-bond donors (Lipinski definition) is 2. The minimum absolute atomic E-state index is 0.202. The van der Waals surface area contributed by atoms with Crippen LogP contribution < -0.4 is 15.5 Å². The first-order valence-electron chi connectivity index (χ1n) is 9.69. The van der Waals surface area contributed by atoms with Crippen molar-refractivity contribution in [3.05, 3.63) is 54.4 Å². The summed E-state index contributed by atoms with van der Waals surface area (Å²) in [5, 5.41) is 9.18. The molecule has 11 heteroatoms. The molecule has 1 saturated heterocycles. The number of amides is 2. The maximum Gasteiger partial charge on any atom is 0.471 e. The summed E-state index contributed by atoms with van der Waals surface area (Å²) in [5.41, 5.74) is 2.05. The van der Waals surface area contributed by atoms with Crippen molar-refractivity contribution in [2.45, 2.75) is 25.1 Å². The van der Waals surface area contributed by atoms with Gasteiger partial charge in [-0.05, 0) is 42.8 Å². The lowest BCUT2D eigenvalue weighted by atomic mass is 10.1. The molecule has 32 heavy (non-hydrogen) atoms. The van der Waals surface area contributed by atoms with Crippen molar-refractivity contribution >= 4 is 28.9 Å². The number of hydrogen-bond acceptors (Lipinski definition) is 6. The first-order chi connectivity index (χ1) is 15.3. The van der Waals surface area contributed by atoms with Crippen LogP contribution in [0, 0.1) is 0 Å². The molecule has 0 saturated carbocycles. The number of carbonyl (C=O) groups is 2. The molecule has 2 aromatic carbocycles. The van der Waals surface area contributed by atoms with Crippen LogP contribution in [0.15, 0.2) is 53.1 Å². The Morgan fingerprint density at radius 1 is 1.12 bits per heavy atom. The van der Waals surface area contributed by atoms with E-state index in [-0.39, 0.29) is 29.6 Å². The third-order valence-corrected chi connectivity index (χ3v) is 5.04. The molecule has 0 radical (unpaired) electrons. The summed E-state index contributed by atoms with van der Waals surface area (Å²) < 4.78 is 42.3. The summed E-state index contributed by atoms with van der Waals surface area (Å²) in [7, 11) is 1.74. The molecular formula is C21H18F3N5O3. The van der Waals surface area contributed by atoms with E-state index in [9.17, 15) is 22.8 Å². The Bertz CT molecular complexity index is 1140. The van der Waals surface area contributed by atoms with E-state index < -0.39 is 18.1 Å². The van der Waals surface area contributed by atoms with E-state index in [4.69, 9.17) is 0 Å². The third kappa shape index (κ3) is 4.13. The minimum Gasteiger partial charge on any atom is -0.386 e. The molecule has 166 valence electrons. The molecule has 2 N–H and O–H groups in total. The van der Waals surface area contributed by atoms with Gasteiger partial charge in [0.25, 0.3) is 0 Å². The lowest BCUT2D eigenvalue weighted by molar-refractivity contribution is -0.159. The van der Waals surface area contributed by atoms with Crippen molar-refractivity contribution in [3.8, 4) is 11.4 Å². The molecule has 1 aromatic heterocycles. The Hall–Kier alpha value is -3.89. The number of halogens is 3. The van der Waals surface area contributed by atoms with Gasteiger partial charge in [0.2, 0.25) is 17.6 Å². The van der Waals surface area contributed by atoms with Crippen molar-refractivity contribution in [3.63, 3.8) is 0 Å². The minimum atomic E-state index is -4.74. The first kappa shape index (κ1) is 21.3. The van der Waals surface area contributed by atoms with E-state index >= 15 is 0 Å². The van der Waals surface area contributed by atoms with Gasteiger partial charge in [-0.25, -0.2) is 0 Å². The Labute approximate surface area is 180 Å². The lowest BCUT2D eigenvalue weighted by Crippen LogP contribution is -2.41. The van der Waals surface area contributed by atoms with Gasteiger partial charge in [0, 0.05) is 24.7 Å². The molecule has 1 atom stereocenters. The van der Waals surface area contributed by atoms with Gasteiger partial charge in [-0.2, -0.15) is 18.2 Å². The summed E-state index contributed by atoms with van der Waals surface area (Å²) in [6.45, 7) is 0. The van der Waals surface area contributed by atoms with Crippen LogP contribution in [0.2, 0.25) is 0 Å². The van der Waals surface area contributed by atoms with Crippen LogP contribution in [-0.2, 0) is 15.8 Å². The average molecular weight is 445 g/mol. The van der Waals surface area contributed by atoms with Gasteiger partial charge >= 0.3 is 12.1 Å². The zero-order valence-corrected chi connectivity index (χ0v) is 16.8. The van der Waals surface area contributed by atoms with E-state index in [0.29, 0.717) is 17.8 Å². The van der Waals surface area contributed by atoms with Gasteiger partial charge in [0.15, 0.2) is 0 Å². The largest absolute Gasteiger partial charge is 0.471 e. The monoisotopic (exact) mass is 445 g/mol. The predicted octanol–water partition coefficient (Wildman–Crippen LogP) is 3.93. The highest BCUT2D eigenvalue weighted by atomic mass is 19.4. The summed E-state index contributed by atoms with van der Waals surface area (Å²) in [6, 6.07) is 12.5. The quantitative estimate of drug-likeness (QED) is 0.617. The molecule has 0 spiro atoms. The third-order valence-electron chi connectivity index (χ3n) is 5.04. The van der Waals surface area contributed by atoms with Crippen molar-refractivity contribution in [1.29, 1.82) is 0 Å². The van der Waals surface area contributed by atoms with Crippen molar-refractivity contribution in [2.75, 3.05) is 22.6 Å². The highest BCUT2D eigenvalue weighted by Crippen LogP contribution is 2.32. The summed E-state index contributed by atoms with van der Waals surface area (Å²) in [6.07, 6.45) is -4.19. The zero-order chi connectivity index (χ0) is 22.9. The van der Waals surface area contributed by atoms with Crippen LogP contribution in [0.4, 0.5) is 30.2 Å². The number of nitrogens with zero attached hydrogens (tertiary/aromatic N) is 3. The predicted molar refractivity (Wildman–Crippen MR) is 110 cm³/mol. The van der Waals surface area contributed by atoms with Crippen LogP contribution in [0.5, 0.6) is 0 Å². The van der Waals surface area contributed by atoms with E-state index in [1.165, 1.54) is 29.2 Å². The second-order valence-electron chi connectivity index (χ2n) is 7.07. The molecular weight excluding hydrogens is 427 g/mol. The molecule has 3 aromatic rings. The van der Waals surface area contributed by atoms with Crippen molar-refractivity contribution in [1.82, 2.24) is 10.1 Å². The molecule has 1 aliphatic heterocycles. The number of benzene rings is 2. The molecule has 2 amide bonds. The van der Waals surface area contributed by atoms with Gasteiger partial charge in [-0.1, -0.05) is 17.3 Å². The fourth-order valence-corrected chi connectivity index (χ4v) is 3.51. The van der Waals surface area contributed by atoms with Crippen LogP contribution in [0.25, 0.3) is 11.4 Å². The molecule has 4 rings (SSSR count). The van der Waals surface area contributed by atoms with E-state index in [2.05, 4.69) is 25.3 Å². The fourth-order valence-electron chi connectivity index (χ4n) is 3.51. The summed E-state index contributed by atoms with van der Waals surface area (Å²) in [4.78, 5) is 30.2. The molecule has 1 aliphatic rings. The Morgan fingerprint density at radius 3 is 2.44 bits per heavy atom. The molecule has 1 fully saturated rings. The second-order valence-corrected chi connectivity index (χ2v) is 7.07. The lowest BCUT2D eigenvalue weighted by Gasteiger charge is -2.24. The number of nitrogens with one attached hydrogen (secondary N) is 2. The smallest absolute Gasteiger partial charge is 0.386 e. The van der Waals surface area contributed by atoms with Gasteiger partial charge in [-0.15, -0.1) is 0 Å². The van der Waals surface area contributed by atoms with Crippen LogP contribution in [0.3, 0.4) is 0 Å². The normalized spacial score (nSPS) is 16.3. The number of rotatable bonds is 5. The molecule has 8 nitrogen and oxygen atoms in total. The molecule has 0 aliphatic carbocycles. The summed E-state index contributed by atoms with van der Waals surface area (Å²) >= 11 is 0. The second kappa shape index (κ2) is 8.33. The maximum absolute atomic E-state index is 12.9. The highest BCUT2D eigenvalue weighted by molar-refractivity contribution is 6.08. The molecule has 0 unspecified atom stereocenters.